The highest BCUT2D eigenvalue weighted by atomic mass is 35.5. The van der Waals surface area contributed by atoms with Gasteiger partial charge in [0.2, 0.25) is 15.6 Å². The van der Waals surface area contributed by atoms with Crippen LogP contribution >= 0.6 is 23.2 Å². The number of carbonyl (C=O) groups is 2. The highest BCUT2D eigenvalue weighted by Crippen LogP contribution is 2.38. The third-order valence-corrected chi connectivity index (χ3v) is 5.62. The summed E-state index contributed by atoms with van der Waals surface area (Å²) in [6, 6.07) is 8.48. The van der Waals surface area contributed by atoms with Gasteiger partial charge in [0.05, 0.1) is 21.7 Å². The van der Waals surface area contributed by atoms with E-state index in [1.165, 1.54) is 36.4 Å². The van der Waals surface area contributed by atoms with Gasteiger partial charge >= 0.3 is 11.9 Å². The number of hydrogen-bond acceptors (Lipinski definition) is 5. The van der Waals surface area contributed by atoms with Gasteiger partial charge in [-0.15, -0.1) is 0 Å². The number of nitrogens with one attached hydrogen (secondary N) is 1. The van der Waals surface area contributed by atoms with Crippen molar-refractivity contribution in [2.75, 3.05) is 11.0 Å². The monoisotopic (exact) mass is 468 g/mol. The Bertz CT molecular complexity index is 1340. The molecule has 0 amide bonds. The zero-order chi connectivity index (χ0) is 22.3. The molecule has 156 valence electrons. The maximum Gasteiger partial charge on any atom is 0.341 e. The molecular weight excluding hydrogens is 455 g/mol. The van der Waals surface area contributed by atoms with Crippen molar-refractivity contribution in [2.24, 2.45) is 4.99 Å². The van der Waals surface area contributed by atoms with E-state index in [1.54, 1.807) is 0 Å². The number of fused-ring (bicyclic) bond motifs is 1. The first-order valence-electron chi connectivity index (χ1n) is 8.26. The van der Waals surface area contributed by atoms with Crippen molar-refractivity contribution in [3.05, 3.63) is 74.7 Å². The van der Waals surface area contributed by atoms with Crippen LogP contribution in [-0.4, -0.2) is 36.8 Å². The molecule has 11 heteroatoms. The topological polar surface area (TPSA) is 133 Å². The Kier molecular flexibility index (Phi) is 5.64. The van der Waals surface area contributed by atoms with Crippen LogP contribution in [0.1, 0.15) is 5.56 Å². The quantitative estimate of drug-likeness (QED) is 0.553. The van der Waals surface area contributed by atoms with Crippen LogP contribution in [0.5, 0.6) is 0 Å². The van der Waals surface area contributed by atoms with Gasteiger partial charge in [-0.3, -0.25) is 9.71 Å². The minimum Gasteiger partial charge on any atom is -0.479 e. The van der Waals surface area contributed by atoms with Crippen LogP contribution in [0, 0.1) is 0 Å². The highest BCUT2D eigenvalue weighted by Gasteiger charge is 2.46. The van der Waals surface area contributed by atoms with Crippen LogP contribution in [0.3, 0.4) is 0 Å². The fourth-order valence-electron chi connectivity index (χ4n) is 3.17. The van der Waals surface area contributed by atoms with E-state index in [0.29, 0.717) is 5.22 Å². The molecule has 0 spiro atoms. The Morgan fingerprint density at radius 3 is 2.40 bits per heavy atom. The van der Waals surface area contributed by atoms with Gasteiger partial charge in [0.1, 0.15) is 0 Å². The van der Waals surface area contributed by atoms with Crippen molar-refractivity contribution in [3.63, 3.8) is 0 Å². The van der Waals surface area contributed by atoms with E-state index in [0.717, 1.165) is 18.4 Å². The number of benzene rings is 2. The molecule has 0 saturated carbocycles. The van der Waals surface area contributed by atoms with E-state index < -0.39 is 27.5 Å². The molecule has 1 aliphatic heterocycles. The number of rotatable bonds is 6. The summed E-state index contributed by atoms with van der Waals surface area (Å²) < 4.78 is 25.4. The first-order chi connectivity index (χ1) is 13.9. The Balaban J connectivity index is 2.38. The minimum atomic E-state index is -3.62. The molecule has 1 unspecified atom stereocenters. The number of hydrogen-bond donors (Lipinski definition) is 3. The molecule has 30 heavy (non-hydrogen) atoms. The molecule has 3 rings (SSSR count). The summed E-state index contributed by atoms with van der Waals surface area (Å²) >= 11 is 12.1. The normalized spacial score (nSPS) is 18.2. The summed E-state index contributed by atoms with van der Waals surface area (Å²) in [7, 11) is -3.62. The first kappa shape index (κ1) is 21.8. The number of nitrogens with zero attached hydrogens (tertiary/aromatic N) is 1. The van der Waals surface area contributed by atoms with Crippen molar-refractivity contribution in [2.45, 2.75) is 5.54 Å². The predicted molar refractivity (Wildman–Crippen MR) is 112 cm³/mol. The summed E-state index contributed by atoms with van der Waals surface area (Å²) in [5.74, 6) is -2.68. The van der Waals surface area contributed by atoms with Gasteiger partial charge < -0.3 is 10.2 Å². The molecule has 1 heterocycles. The SMILES string of the molecule is CS(=O)(=O)Nc1cccc(C2(C(=O)O)N=c3cc(Cl)c(Cl)cc3=C2C=CC(=O)O)c1. The zero-order valence-electron chi connectivity index (χ0n) is 15.3. The molecule has 0 bridgehead atoms. The summed E-state index contributed by atoms with van der Waals surface area (Å²) in [6.45, 7) is 0. The summed E-state index contributed by atoms with van der Waals surface area (Å²) in [6.07, 6.45) is 2.88. The molecule has 0 saturated heterocycles. The lowest BCUT2D eigenvalue weighted by Crippen LogP contribution is -2.34. The molecule has 8 nitrogen and oxygen atoms in total. The fraction of sp³-hybridized carbons (Fsp3) is 0.105. The van der Waals surface area contributed by atoms with Gasteiger partial charge in [-0.1, -0.05) is 35.3 Å². The van der Waals surface area contributed by atoms with E-state index in [9.17, 15) is 23.1 Å². The van der Waals surface area contributed by atoms with Gasteiger partial charge in [-0.05, 0) is 35.9 Å². The number of sulfonamides is 1. The highest BCUT2D eigenvalue weighted by molar-refractivity contribution is 7.92. The van der Waals surface area contributed by atoms with Crippen molar-refractivity contribution in [3.8, 4) is 0 Å². The first-order valence-corrected chi connectivity index (χ1v) is 10.9. The summed E-state index contributed by atoms with van der Waals surface area (Å²) in [4.78, 5) is 28.0. The van der Waals surface area contributed by atoms with Crippen LogP contribution < -0.4 is 15.3 Å². The number of aliphatic carboxylic acids is 2. The van der Waals surface area contributed by atoms with Gasteiger partial charge in [-0.2, -0.15) is 0 Å². The number of carboxylic acid groups (broad SMARTS) is 2. The van der Waals surface area contributed by atoms with Gasteiger partial charge in [0, 0.05) is 22.6 Å². The lowest BCUT2D eigenvalue weighted by atomic mass is 9.83. The molecule has 0 aromatic heterocycles. The van der Waals surface area contributed by atoms with Crippen molar-refractivity contribution < 1.29 is 28.2 Å². The lowest BCUT2D eigenvalue weighted by molar-refractivity contribution is -0.141. The lowest BCUT2D eigenvalue weighted by Gasteiger charge is -2.25. The number of halogens is 2. The molecule has 2 aromatic carbocycles. The summed E-state index contributed by atoms with van der Waals surface area (Å²) in [5, 5.41) is 20.0. The molecule has 1 atom stereocenters. The predicted octanol–water partition coefficient (Wildman–Crippen LogP) is 1.77. The van der Waals surface area contributed by atoms with Gasteiger partial charge in [0.25, 0.3) is 0 Å². The molecule has 1 aliphatic rings. The Labute approximate surface area is 180 Å². The van der Waals surface area contributed by atoms with Gasteiger partial charge in [0.15, 0.2) is 0 Å². The third kappa shape index (κ3) is 4.04. The van der Waals surface area contributed by atoms with Crippen molar-refractivity contribution in [1.82, 2.24) is 0 Å². The van der Waals surface area contributed by atoms with E-state index in [4.69, 9.17) is 28.3 Å². The van der Waals surface area contributed by atoms with Crippen LogP contribution in [0.2, 0.25) is 10.0 Å². The average molecular weight is 469 g/mol. The Morgan fingerprint density at radius 2 is 1.80 bits per heavy atom. The maximum absolute atomic E-state index is 12.5. The molecule has 0 radical (unpaired) electrons. The molecular formula is C19H14Cl2N2O6S. The summed E-state index contributed by atoms with van der Waals surface area (Å²) in [5.41, 5.74) is -1.77. The van der Waals surface area contributed by atoms with Crippen LogP contribution in [-0.2, 0) is 25.2 Å². The third-order valence-electron chi connectivity index (χ3n) is 4.29. The molecule has 3 N–H and O–H groups in total. The zero-order valence-corrected chi connectivity index (χ0v) is 17.6. The number of anilines is 1. The minimum absolute atomic E-state index is 0.0440. The van der Waals surface area contributed by atoms with Crippen molar-refractivity contribution in [1.29, 1.82) is 0 Å². The van der Waals surface area contributed by atoms with Crippen LogP contribution in [0.15, 0.2) is 53.5 Å². The Morgan fingerprint density at radius 1 is 1.13 bits per heavy atom. The second kappa shape index (κ2) is 7.75. The molecule has 0 aliphatic carbocycles. The Hall–Kier alpha value is -2.88. The van der Waals surface area contributed by atoms with E-state index in [-0.39, 0.29) is 32.2 Å². The standard InChI is InChI=1S/C19H14Cl2N2O6S/c1-30(28,29)23-11-4-2-3-10(7-11)19(18(26)27)13(5-6-17(24)25)12-8-14(20)15(21)9-16(12)22-19/h2-9,23H,1H3,(H,24,25)(H,26,27). The van der Waals surface area contributed by atoms with E-state index in [1.807, 2.05) is 0 Å². The smallest absolute Gasteiger partial charge is 0.341 e. The molecule has 0 fully saturated rings. The van der Waals surface area contributed by atoms with E-state index in [2.05, 4.69) is 9.71 Å². The maximum atomic E-state index is 12.5. The fourth-order valence-corrected chi connectivity index (χ4v) is 4.05. The second-order valence-electron chi connectivity index (χ2n) is 6.45. The number of carboxylic acids is 2. The van der Waals surface area contributed by atoms with Crippen LogP contribution in [0.4, 0.5) is 5.69 Å². The average Bonchev–Trinajstić information content (AvgIpc) is 2.93. The largest absolute Gasteiger partial charge is 0.479 e. The van der Waals surface area contributed by atoms with Gasteiger partial charge in [-0.25, -0.2) is 18.0 Å². The van der Waals surface area contributed by atoms with E-state index >= 15 is 0 Å². The van der Waals surface area contributed by atoms with Crippen LogP contribution in [0.25, 0.3) is 5.57 Å². The van der Waals surface area contributed by atoms with Crippen molar-refractivity contribution >= 4 is 56.4 Å². The second-order valence-corrected chi connectivity index (χ2v) is 9.01. The molecule has 2 aromatic rings.